The van der Waals surface area contributed by atoms with Gasteiger partial charge in [0.1, 0.15) is 11.9 Å². The van der Waals surface area contributed by atoms with Crippen molar-refractivity contribution < 1.29 is 9.18 Å². The van der Waals surface area contributed by atoms with Gasteiger partial charge in [0.25, 0.3) is 0 Å². The SMILES string of the molecule is CCC(CC)NC(=O)C(C)Nc1c(F)cccc1Br. The van der Waals surface area contributed by atoms with E-state index in [0.717, 1.165) is 12.8 Å². The molecule has 3 nitrogen and oxygen atoms in total. The number of carbonyl (C=O) groups excluding carboxylic acids is 1. The molecule has 0 aliphatic heterocycles. The lowest BCUT2D eigenvalue weighted by Gasteiger charge is -2.20. The van der Waals surface area contributed by atoms with Gasteiger partial charge in [-0.3, -0.25) is 4.79 Å². The molecule has 106 valence electrons. The first kappa shape index (κ1) is 16.0. The van der Waals surface area contributed by atoms with Gasteiger partial charge in [-0.05, 0) is 47.8 Å². The van der Waals surface area contributed by atoms with Gasteiger partial charge in [-0.15, -0.1) is 0 Å². The zero-order chi connectivity index (χ0) is 14.4. The Labute approximate surface area is 122 Å². The van der Waals surface area contributed by atoms with Crippen LogP contribution in [-0.4, -0.2) is 18.0 Å². The Morgan fingerprint density at radius 1 is 1.37 bits per heavy atom. The summed E-state index contributed by atoms with van der Waals surface area (Å²) in [6, 6.07) is 4.38. The lowest BCUT2D eigenvalue weighted by Crippen LogP contribution is -2.43. The first-order valence-corrected chi connectivity index (χ1v) is 7.29. The van der Waals surface area contributed by atoms with Gasteiger partial charge in [0.15, 0.2) is 0 Å². The lowest BCUT2D eigenvalue weighted by molar-refractivity contribution is -0.122. The van der Waals surface area contributed by atoms with E-state index in [0.29, 0.717) is 10.2 Å². The molecule has 0 aromatic heterocycles. The number of anilines is 1. The largest absolute Gasteiger partial charge is 0.371 e. The fraction of sp³-hybridized carbons (Fsp3) is 0.500. The van der Waals surface area contributed by atoms with Crippen molar-refractivity contribution in [1.82, 2.24) is 5.32 Å². The molecule has 0 saturated heterocycles. The second-order valence-electron chi connectivity index (χ2n) is 4.48. The van der Waals surface area contributed by atoms with Crippen LogP contribution in [-0.2, 0) is 4.79 Å². The number of halogens is 2. The normalized spacial score (nSPS) is 12.3. The molecule has 1 atom stereocenters. The van der Waals surface area contributed by atoms with E-state index in [-0.39, 0.29) is 17.8 Å². The summed E-state index contributed by atoms with van der Waals surface area (Å²) in [4.78, 5) is 12.0. The molecule has 1 unspecified atom stereocenters. The third-order valence-corrected chi connectivity index (χ3v) is 3.71. The standard InChI is InChI=1S/C14H20BrFN2O/c1-4-10(5-2)18-14(19)9(3)17-13-11(15)7-6-8-12(13)16/h6-10,17H,4-5H2,1-3H3,(H,18,19). The molecule has 0 heterocycles. The van der Waals surface area contributed by atoms with E-state index in [1.165, 1.54) is 6.07 Å². The van der Waals surface area contributed by atoms with Gasteiger partial charge in [-0.25, -0.2) is 4.39 Å². The molecular weight excluding hydrogens is 311 g/mol. The average molecular weight is 331 g/mol. The third kappa shape index (κ3) is 4.49. The smallest absolute Gasteiger partial charge is 0.242 e. The van der Waals surface area contributed by atoms with Crippen LogP contribution < -0.4 is 10.6 Å². The summed E-state index contributed by atoms with van der Waals surface area (Å²) in [5.74, 6) is -0.500. The minimum absolute atomic E-state index is 0.121. The summed E-state index contributed by atoms with van der Waals surface area (Å²) in [6.45, 7) is 5.77. The number of amides is 1. The zero-order valence-electron chi connectivity index (χ0n) is 11.5. The highest BCUT2D eigenvalue weighted by Gasteiger charge is 2.18. The Kier molecular flexibility index (Phi) is 6.28. The predicted octanol–water partition coefficient (Wildman–Crippen LogP) is 3.69. The first-order chi connectivity index (χ1) is 8.99. The fourth-order valence-electron chi connectivity index (χ4n) is 1.74. The molecule has 0 fully saturated rings. The summed E-state index contributed by atoms with van der Waals surface area (Å²) in [6.07, 6.45) is 1.77. The van der Waals surface area contributed by atoms with E-state index in [1.54, 1.807) is 19.1 Å². The maximum atomic E-state index is 13.6. The van der Waals surface area contributed by atoms with Crippen molar-refractivity contribution in [3.8, 4) is 0 Å². The summed E-state index contributed by atoms with van der Waals surface area (Å²) in [7, 11) is 0. The van der Waals surface area contributed by atoms with Crippen molar-refractivity contribution in [2.75, 3.05) is 5.32 Å². The van der Waals surface area contributed by atoms with Crippen LogP contribution >= 0.6 is 15.9 Å². The minimum Gasteiger partial charge on any atom is -0.371 e. The molecule has 0 spiro atoms. The van der Waals surface area contributed by atoms with Gasteiger partial charge in [-0.1, -0.05) is 19.9 Å². The van der Waals surface area contributed by atoms with Gasteiger partial charge in [-0.2, -0.15) is 0 Å². The number of hydrogen-bond donors (Lipinski definition) is 2. The van der Waals surface area contributed by atoms with E-state index in [2.05, 4.69) is 26.6 Å². The van der Waals surface area contributed by atoms with Crippen molar-refractivity contribution in [3.05, 3.63) is 28.5 Å². The maximum absolute atomic E-state index is 13.6. The van der Waals surface area contributed by atoms with Crippen molar-refractivity contribution in [1.29, 1.82) is 0 Å². The molecule has 0 saturated carbocycles. The number of benzene rings is 1. The molecule has 1 rings (SSSR count). The Morgan fingerprint density at radius 3 is 2.53 bits per heavy atom. The molecule has 0 radical (unpaired) electrons. The molecule has 0 aliphatic carbocycles. The fourth-order valence-corrected chi connectivity index (χ4v) is 2.19. The molecule has 1 amide bonds. The van der Waals surface area contributed by atoms with Crippen LogP contribution in [0.4, 0.5) is 10.1 Å². The highest BCUT2D eigenvalue weighted by molar-refractivity contribution is 9.10. The van der Waals surface area contributed by atoms with Crippen LogP contribution in [0.15, 0.2) is 22.7 Å². The second kappa shape index (κ2) is 7.48. The van der Waals surface area contributed by atoms with Crippen LogP contribution in [0.2, 0.25) is 0 Å². The number of hydrogen-bond acceptors (Lipinski definition) is 2. The van der Waals surface area contributed by atoms with Crippen LogP contribution in [0.5, 0.6) is 0 Å². The second-order valence-corrected chi connectivity index (χ2v) is 5.34. The molecule has 0 aliphatic rings. The number of para-hydroxylation sites is 1. The lowest BCUT2D eigenvalue weighted by atomic mass is 10.1. The predicted molar refractivity (Wildman–Crippen MR) is 79.7 cm³/mol. The Bertz CT molecular complexity index is 415. The van der Waals surface area contributed by atoms with Crippen molar-refractivity contribution in [3.63, 3.8) is 0 Å². The average Bonchev–Trinajstić information content (AvgIpc) is 2.39. The highest BCUT2D eigenvalue weighted by atomic mass is 79.9. The van der Waals surface area contributed by atoms with E-state index in [1.807, 2.05) is 13.8 Å². The van der Waals surface area contributed by atoms with E-state index in [4.69, 9.17) is 0 Å². The van der Waals surface area contributed by atoms with Gasteiger partial charge >= 0.3 is 0 Å². The molecule has 19 heavy (non-hydrogen) atoms. The van der Waals surface area contributed by atoms with Crippen LogP contribution in [0.3, 0.4) is 0 Å². The molecule has 5 heteroatoms. The topological polar surface area (TPSA) is 41.1 Å². The van der Waals surface area contributed by atoms with Crippen LogP contribution in [0, 0.1) is 5.82 Å². The van der Waals surface area contributed by atoms with Crippen molar-refractivity contribution in [2.24, 2.45) is 0 Å². The number of nitrogens with one attached hydrogen (secondary N) is 2. The number of rotatable bonds is 6. The minimum atomic E-state index is -0.492. The number of carbonyl (C=O) groups is 1. The van der Waals surface area contributed by atoms with Gasteiger partial charge < -0.3 is 10.6 Å². The zero-order valence-corrected chi connectivity index (χ0v) is 13.1. The highest BCUT2D eigenvalue weighted by Crippen LogP contribution is 2.25. The van der Waals surface area contributed by atoms with E-state index < -0.39 is 6.04 Å². The molecule has 2 N–H and O–H groups in total. The quantitative estimate of drug-likeness (QED) is 0.835. The van der Waals surface area contributed by atoms with E-state index >= 15 is 0 Å². The summed E-state index contributed by atoms with van der Waals surface area (Å²) in [5.41, 5.74) is 0.315. The van der Waals surface area contributed by atoms with Crippen molar-refractivity contribution >= 4 is 27.5 Å². The van der Waals surface area contributed by atoms with Gasteiger partial charge in [0.2, 0.25) is 5.91 Å². The summed E-state index contributed by atoms with van der Waals surface area (Å²) >= 11 is 3.27. The van der Waals surface area contributed by atoms with Crippen LogP contribution in [0.1, 0.15) is 33.6 Å². The monoisotopic (exact) mass is 330 g/mol. The van der Waals surface area contributed by atoms with Gasteiger partial charge in [0.05, 0.1) is 5.69 Å². The van der Waals surface area contributed by atoms with Crippen molar-refractivity contribution in [2.45, 2.75) is 45.7 Å². The van der Waals surface area contributed by atoms with E-state index in [9.17, 15) is 9.18 Å². The Morgan fingerprint density at radius 2 is 2.00 bits per heavy atom. The molecule has 1 aromatic rings. The van der Waals surface area contributed by atoms with Gasteiger partial charge in [0, 0.05) is 10.5 Å². The first-order valence-electron chi connectivity index (χ1n) is 6.50. The third-order valence-electron chi connectivity index (χ3n) is 3.05. The Balaban J connectivity index is 2.69. The summed E-state index contributed by atoms with van der Waals surface area (Å²) in [5, 5.41) is 5.83. The maximum Gasteiger partial charge on any atom is 0.242 e. The Hall–Kier alpha value is -1.10. The summed E-state index contributed by atoms with van der Waals surface area (Å²) < 4.78 is 14.3. The molecule has 1 aromatic carbocycles. The molecular formula is C14H20BrFN2O. The van der Waals surface area contributed by atoms with Crippen LogP contribution in [0.25, 0.3) is 0 Å². The molecule has 0 bridgehead atoms.